The van der Waals surface area contributed by atoms with Crippen molar-refractivity contribution in [1.82, 2.24) is 9.97 Å². The summed E-state index contributed by atoms with van der Waals surface area (Å²) in [6.45, 7) is 0. The monoisotopic (exact) mass is 690 g/mol. The van der Waals surface area contributed by atoms with Gasteiger partial charge < -0.3 is 10.6 Å². The second kappa shape index (κ2) is 13.4. The van der Waals surface area contributed by atoms with Crippen LogP contribution in [0.25, 0.3) is 76.8 Å². The van der Waals surface area contributed by atoms with Crippen LogP contribution in [0.15, 0.2) is 195 Å². The van der Waals surface area contributed by atoms with Crippen LogP contribution in [0.5, 0.6) is 0 Å². The molecule has 0 aliphatic heterocycles. The van der Waals surface area contributed by atoms with Crippen molar-refractivity contribution in [2.45, 2.75) is 0 Å². The average molecular weight is 691 g/mol. The van der Waals surface area contributed by atoms with E-state index in [2.05, 4.69) is 166 Å². The number of hydrogen-bond donors (Lipinski definition) is 2. The molecule has 10 rings (SSSR count). The quantitative estimate of drug-likeness (QED) is 0.156. The molecule has 4 nitrogen and oxygen atoms in total. The molecule has 2 aromatic heterocycles. The first-order valence-electron chi connectivity index (χ1n) is 18.2. The van der Waals surface area contributed by atoms with E-state index >= 15 is 0 Å². The summed E-state index contributed by atoms with van der Waals surface area (Å²) in [6.07, 6.45) is 7.47. The van der Waals surface area contributed by atoms with Gasteiger partial charge in [-0.15, -0.1) is 0 Å². The lowest BCUT2D eigenvalue weighted by atomic mass is 9.86. The topological polar surface area (TPSA) is 49.8 Å². The molecule has 2 N–H and O–H groups in total. The van der Waals surface area contributed by atoms with Crippen LogP contribution < -0.4 is 10.6 Å². The molecule has 0 aliphatic rings. The van der Waals surface area contributed by atoms with Crippen LogP contribution >= 0.6 is 0 Å². The molecule has 254 valence electrons. The number of nitrogens with zero attached hydrogens (tertiary/aromatic N) is 2. The Labute approximate surface area is 313 Å². The minimum atomic E-state index is 1.04. The second-order valence-electron chi connectivity index (χ2n) is 13.6. The van der Waals surface area contributed by atoms with E-state index in [4.69, 9.17) is 0 Å². The Balaban J connectivity index is 1.16. The van der Waals surface area contributed by atoms with Crippen molar-refractivity contribution in [2.24, 2.45) is 0 Å². The third-order valence-corrected chi connectivity index (χ3v) is 10.4. The molecule has 8 aromatic carbocycles. The highest BCUT2D eigenvalue weighted by atomic mass is 14.9. The van der Waals surface area contributed by atoms with Crippen molar-refractivity contribution in [3.05, 3.63) is 195 Å². The van der Waals surface area contributed by atoms with Crippen molar-refractivity contribution in [1.29, 1.82) is 0 Å². The standard InChI is InChI=1S/C50H34N4/c1-3-11-39(12-4-1)53-47-29-35(37-9-7-27-51-31-37)19-23-43(47)41-21-15-33-18-26-46-42(22-16-34-17-25-45(41)49(33)50(34)46)44-24-20-36(38-10-8-28-52-32-38)30-48(44)54-40-13-5-2-6-14-40/h1-32,53-54H. The fourth-order valence-electron chi connectivity index (χ4n) is 7.82. The molecule has 2 heterocycles. The van der Waals surface area contributed by atoms with Crippen LogP contribution in [-0.2, 0) is 0 Å². The second-order valence-corrected chi connectivity index (χ2v) is 13.6. The maximum Gasteiger partial charge on any atom is 0.0470 e. The van der Waals surface area contributed by atoms with E-state index in [9.17, 15) is 0 Å². The highest BCUT2D eigenvalue weighted by molar-refractivity contribution is 6.28. The molecular formula is C50H34N4. The van der Waals surface area contributed by atoms with Crippen LogP contribution in [0.3, 0.4) is 0 Å². The zero-order valence-corrected chi connectivity index (χ0v) is 29.4. The van der Waals surface area contributed by atoms with E-state index in [-0.39, 0.29) is 0 Å². The van der Waals surface area contributed by atoms with E-state index in [1.807, 2.05) is 49.1 Å². The highest BCUT2D eigenvalue weighted by Gasteiger charge is 2.19. The number of hydrogen-bond acceptors (Lipinski definition) is 4. The average Bonchev–Trinajstić information content (AvgIpc) is 3.24. The van der Waals surface area contributed by atoms with E-state index in [0.29, 0.717) is 0 Å². The van der Waals surface area contributed by atoms with Crippen LogP contribution in [0.1, 0.15) is 0 Å². The first-order valence-corrected chi connectivity index (χ1v) is 18.2. The maximum atomic E-state index is 4.39. The smallest absolute Gasteiger partial charge is 0.0470 e. The summed E-state index contributed by atoms with van der Waals surface area (Å²) in [5.41, 5.74) is 13.2. The third-order valence-electron chi connectivity index (χ3n) is 10.4. The van der Waals surface area contributed by atoms with Crippen LogP contribution in [0.4, 0.5) is 22.7 Å². The lowest BCUT2D eigenvalue weighted by molar-refractivity contribution is 1.33. The number of nitrogens with one attached hydrogen (secondary N) is 2. The number of anilines is 4. The molecule has 0 saturated carbocycles. The van der Waals surface area contributed by atoms with Gasteiger partial charge in [0, 0.05) is 69.8 Å². The van der Waals surface area contributed by atoms with Crippen molar-refractivity contribution in [2.75, 3.05) is 10.6 Å². The highest BCUT2D eigenvalue weighted by Crippen LogP contribution is 2.46. The zero-order chi connectivity index (χ0) is 35.8. The lowest BCUT2D eigenvalue weighted by Crippen LogP contribution is -1.96. The molecule has 10 aromatic rings. The van der Waals surface area contributed by atoms with Gasteiger partial charge in [-0.2, -0.15) is 0 Å². The van der Waals surface area contributed by atoms with E-state index in [1.165, 1.54) is 43.4 Å². The summed E-state index contributed by atoms with van der Waals surface area (Å²) < 4.78 is 0. The van der Waals surface area contributed by atoms with Crippen LogP contribution in [0, 0.1) is 0 Å². The molecule has 0 amide bonds. The van der Waals surface area contributed by atoms with E-state index in [1.54, 1.807) is 0 Å². The molecule has 0 bridgehead atoms. The fourth-order valence-corrected chi connectivity index (χ4v) is 7.82. The van der Waals surface area contributed by atoms with Gasteiger partial charge in [0.05, 0.1) is 0 Å². The van der Waals surface area contributed by atoms with E-state index in [0.717, 1.165) is 56.1 Å². The molecule has 0 fully saturated rings. The van der Waals surface area contributed by atoms with Gasteiger partial charge in [0.15, 0.2) is 0 Å². The predicted molar refractivity (Wildman–Crippen MR) is 227 cm³/mol. The molecule has 0 aliphatic carbocycles. The largest absolute Gasteiger partial charge is 0.355 e. The Kier molecular flexibility index (Phi) is 7.77. The van der Waals surface area contributed by atoms with Crippen molar-refractivity contribution in [3.8, 4) is 44.5 Å². The minimum Gasteiger partial charge on any atom is -0.355 e. The Hall–Kier alpha value is -7.30. The van der Waals surface area contributed by atoms with Gasteiger partial charge in [-0.1, -0.05) is 121 Å². The first kappa shape index (κ1) is 31.4. The summed E-state index contributed by atoms with van der Waals surface area (Å²) in [5, 5.41) is 14.9. The maximum absolute atomic E-state index is 4.39. The summed E-state index contributed by atoms with van der Waals surface area (Å²) in [5.74, 6) is 0. The SMILES string of the molecule is c1ccc(Nc2cc(-c3cccnc3)ccc2-c2ccc3ccc4c(-c5ccc(-c6cccnc6)cc5Nc5ccccc5)ccc5ccc2c3c54)cc1. The summed E-state index contributed by atoms with van der Waals surface area (Å²) in [4.78, 5) is 8.78. The van der Waals surface area contributed by atoms with Gasteiger partial charge in [-0.25, -0.2) is 0 Å². The molecule has 0 radical (unpaired) electrons. The number of benzene rings is 8. The van der Waals surface area contributed by atoms with E-state index < -0.39 is 0 Å². The minimum absolute atomic E-state index is 1.04. The molecule has 54 heavy (non-hydrogen) atoms. The summed E-state index contributed by atoms with van der Waals surface area (Å²) in [7, 11) is 0. The fraction of sp³-hybridized carbons (Fsp3) is 0. The molecule has 0 atom stereocenters. The van der Waals surface area contributed by atoms with Gasteiger partial charge in [0.2, 0.25) is 0 Å². The summed E-state index contributed by atoms with van der Waals surface area (Å²) in [6, 6.07) is 60.6. The first-order chi connectivity index (χ1) is 26.8. The number of rotatable bonds is 8. The van der Waals surface area contributed by atoms with Crippen LogP contribution in [0.2, 0.25) is 0 Å². The number of aromatic nitrogens is 2. The van der Waals surface area contributed by atoms with Crippen molar-refractivity contribution < 1.29 is 0 Å². The van der Waals surface area contributed by atoms with Gasteiger partial charge >= 0.3 is 0 Å². The van der Waals surface area contributed by atoms with Gasteiger partial charge in [0.25, 0.3) is 0 Å². The molecule has 0 saturated heterocycles. The molecule has 0 spiro atoms. The summed E-state index contributed by atoms with van der Waals surface area (Å²) >= 11 is 0. The van der Waals surface area contributed by atoms with Gasteiger partial charge in [-0.3, -0.25) is 9.97 Å². The van der Waals surface area contributed by atoms with Gasteiger partial charge in [-0.05, 0) is 103 Å². The normalized spacial score (nSPS) is 11.3. The number of para-hydroxylation sites is 2. The Bertz CT molecular complexity index is 2710. The zero-order valence-electron chi connectivity index (χ0n) is 29.4. The predicted octanol–water partition coefficient (Wildman–Crippen LogP) is 13.5. The Morgan fingerprint density at radius 2 is 0.759 bits per heavy atom. The third kappa shape index (κ3) is 5.67. The Morgan fingerprint density at radius 3 is 1.19 bits per heavy atom. The van der Waals surface area contributed by atoms with Crippen molar-refractivity contribution in [3.63, 3.8) is 0 Å². The van der Waals surface area contributed by atoms with Crippen LogP contribution in [-0.4, -0.2) is 9.97 Å². The van der Waals surface area contributed by atoms with Gasteiger partial charge in [0.1, 0.15) is 0 Å². The number of pyridine rings is 2. The molecular weight excluding hydrogens is 657 g/mol. The molecule has 0 unspecified atom stereocenters. The lowest BCUT2D eigenvalue weighted by Gasteiger charge is -2.20. The Morgan fingerprint density at radius 1 is 0.333 bits per heavy atom. The molecule has 4 heteroatoms. The van der Waals surface area contributed by atoms with Crippen molar-refractivity contribution >= 4 is 55.1 Å².